The predicted octanol–water partition coefficient (Wildman–Crippen LogP) is 3.39. The summed E-state index contributed by atoms with van der Waals surface area (Å²) < 4.78 is 11.7. The predicted molar refractivity (Wildman–Crippen MR) is 106 cm³/mol. The Morgan fingerprint density at radius 1 is 1.14 bits per heavy atom. The summed E-state index contributed by atoms with van der Waals surface area (Å²) in [6, 6.07) is 15.6. The molecule has 4 rings (SSSR count). The summed E-state index contributed by atoms with van der Waals surface area (Å²) in [6.07, 6.45) is 3.29. The molecule has 0 N–H and O–H groups in total. The summed E-state index contributed by atoms with van der Waals surface area (Å²) in [7, 11) is 0. The number of rotatable bonds is 5. The minimum Gasteiger partial charge on any atom is -0.484 e. The van der Waals surface area contributed by atoms with Gasteiger partial charge in [0.25, 0.3) is 5.91 Å². The van der Waals surface area contributed by atoms with E-state index in [0.29, 0.717) is 19.0 Å². The molecule has 28 heavy (non-hydrogen) atoms. The third-order valence-corrected chi connectivity index (χ3v) is 4.96. The number of carbonyl (C=O) groups excluding carboxylic acids is 1. The number of carbonyl (C=O) groups is 1. The largest absolute Gasteiger partial charge is 0.484 e. The minimum absolute atomic E-state index is 0.00455. The van der Waals surface area contributed by atoms with Crippen molar-refractivity contribution in [1.29, 1.82) is 0 Å². The lowest BCUT2D eigenvalue weighted by Crippen LogP contribution is -2.43. The standard InChI is InChI=1S/C22H23N3O3/c1-16-5-4-7-19(13-16)27-15-21(26)25-11-9-18(10-12-25)28-22-20-8-3-2-6-17(20)14-23-24-22/h2-8,13-14,18H,9-12,15H2,1H3. The average molecular weight is 377 g/mol. The Labute approximate surface area is 164 Å². The van der Waals surface area contributed by atoms with Gasteiger partial charge in [0.1, 0.15) is 11.9 Å². The number of likely N-dealkylation sites (tertiary alicyclic amines) is 1. The highest BCUT2D eigenvalue weighted by molar-refractivity contribution is 5.85. The number of piperidine rings is 1. The lowest BCUT2D eigenvalue weighted by Gasteiger charge is -2.32. The highest BCUT2D eigenvalue weighted by Gasteiger charge is 2.25. The fraction of sp³-hybridized carbons (Fsp3) is 0.318. The monoisotopic (exact) mass is 377 g/mol. The molecule has 1 aromatic heterocycles. The third kappa shape index (κ3) is 4.22. The molecule has 0 spiro atoms. The van der Waals surface area contributed by atoms with Crippen molar-refractivity contribution < 1.29 is 14.3 Å². The Hall–Kier alpha value is -3.15. The van der Waals surface area contributed by atoms with Gasteiger partial charge in [0.05, 0.1) is 6.20 Å². The summed E-state index contributed by atoms with van der Waals surface area (Å²) in [5.41, 5.74) is 1.11. The van der Waals surface area contributed by atoms with Gasteiger partial charge in [0, 0.05) is 36.7 Å². The van der Waals surface area contributed by atoms with Crippen LogP contribution in [0, 0.1) is 6.92 Å². The average Bonchev–Trinajstić information content (AvgIpc) is 2.73. The quantitative estimate of drug-likeness (QED) is 0.682. The third-order valence-electron chi connectivity index (χ3n) is 4.96. The molecule has 0 atom stereocenters. The summed E-state index contributed by atoms with van der Waals surface area (Å²) in [6.45, 7) is 3.36. The molecule has 0 saturated carbocycles. The number of aryl methyl sites for hydroxylation is 1. The lowest BCUT2D eigenvalue weighted by atomic mass is 10.1. The van der Waals surface area contributed by atoms with Crippen LogP contribution in [0.5, 0.6) is 11.6 Å². The second kappa shape index (κ2) is 8.25. The lowest BCUT2D eigenvalue weighted by molar-refractivity contribution is -0.135. The van der Waals surface area contributed by atoms with Crippen molar-refractivity contribution in [3.05, 3.63) is 60.3 Å². The molecule has 1 fully saturated rings. The van der Waals surface area contributed by atoms with Crippen molar-refractivity contribution in [1.82, 2.24) is 15.1 Å². The van der Waals surface area contributed by atoms with Gasteiger partial charge < -0.3 is 14.4 Å². The van der Waals surface area contributed by atoms with Gasteiger partial charge in [-0.25, -0.2) is 0 Å². The van der Waals surface area contributed by atoms with E-state index in [2.05, 4.69) is 10.2 Å². The Morgan fingerprint density at radius 2 is 1.96 bits per heavy atom. The Kier molecular flexibility index (Phi) is 5.37. The summed E-state index contributed by atoms with van der Waals surface area (Å²) >= 11 is 0. The highest BCUT2D eigenvalue weighted by atomic mass is 16.5. The van der Waals surface area contributed by atoms with Crippen LogP contribution in [-0.2, 0) is 4.79 Å². The van der Waals surface area contributed by atoms with Gasteiger partial charge >= 0.3 is 0 Å². The highest BCUT2D eigenvalue weighted by Crippen LogP contribution is 2.25. The summed E-state index contributed by atoms with van der Waals surface area (Å²) in [4.78, 5) is 14.3. The number of benzene rings is 2. The van der Waals surface area contributed by atoms with Crippen molar-refractivity contribution in [3.8, 4) is 11.6 Å². The van der Waals surface area contributed by atoms with Crippen molar-refractivity contribution >= 4 is 16.7 Å². The molecular weight excluding hydrogens is 354 g/mol. The maximum Gasteiger partial charge on any atom is 0.260 e. The van der Waals surface area contributed by atoms with Crippen molar-refractivity contribution in [2.24, 2.45) is 0 Å². The van der Waals surface area contributed by atoms with E-state index in [1.807, 2.05) is 60.4 Å². The van der Waals surface area contributed by atoms with Gasteiger partial charge in [0.2, 0.25) is 5.88 Å². The van der Waals surface area contributed by atoms with Gasteiger partial charge in [-0.2, -0.15) is 5.10 Å². The molecule has 0 bridgehead atoms. The van der Waals surface area contributed by atoms with E-state index in [0.717, 1.165) is 34.9 Å². The molecule has 144 valence electrons. The van der Waals surface area contributed by atoms with Crippen molar-refractivity contribution in [2.75, 3.05) is 19.7 Å². The summed E-state index contributed by atoms with van der Waals surface area (Å²) in [5, 5.41) is 10.1. The molecule has 1 aliphatic rings. The maximum absolute atomic E-state index is 12.4. The molecule has 3 aromatic rings. The fourth-order valence-electron chi connectivity index (χ4n) is 3.41. The van der Waals surface area contributed by atoms with Crippen LogP contribution in [0.3, 0.4) is 0 Å². The molecule has 1 aliphatic heterocycles. The van der Waals surface area contributed by atoms with Crippen LogP contribution in [0.15, 0.2) is 54.7 Å². The van der Waals surface area contributed by atoms with Crippen LogP contribution < -0.4 is 9.47 Å². The first-order valence-corrected chi connectivity index (χ1v) is 9.53. The van der Waals surface area contributed by atoms with E-state index < -0.39 is 0 Å². The van der Waals surface area contributed by atoms with Crippen LogP contribution >= 0.6 is 0 Å². The number of ether oxygens (including phenoxy) is 2. The normalized spacial score (nSPS) is 14.8. The first-order valence-electron chi connectivity index (χ1n) is 9.53. The van der Waals surface area contributed by atoms with Gasteiger partial charge in [-0.3, -0.25) is 4.79 Å². The van der Waals surface area contributed by atoms with E-state index in [-0.39, 0.29) is 18.6 Å². The van der Waals surface area contributed by atoms with Crippen LogP contribution in [0.2, 0.25) is 0 Å². The summed E-state index contributed by atoms with van der Waals surface area (Å²) in [5.74, 6) is 1.29. The Morgan fingerprint density at radius 3 is 2.79 bits per heavy atom. The molecule has 0 unspecified atom stereocenters. The van der Waals surface area contributed by atoms with Crippen molar-refractivity contribution in [3.63, 3.8) is 0 Å². The van der Waals surface area contributed by atoms with Gasteiger partial charge in [-0.15, -0.1) is 5.10 Å². The first kappa shape index (κ1) is 18.2. The number of nitrogens with zero attached hydrogens (tertiary/aromatic N) is 3. The number of hydrogen-bond acceptors (Lipinski definition) is 5. The van der Waals surface area contributed by atoms with E-state index in [1.54, 1.807) is 6.20 Å². The molecule has 6 nitrogen and oxygen atoms in total. The fourth-order valence-corrected chi connectivity index (χ4v) is 3.41. The van der Waals surface area contributed by atoms with E-state index in [1.165, 1.54) is 0 Å². The van der Waals surface area contributed by atoms with Gasteiger partial charge in [0.15, 0.2) is 6.61 Å². The van der Waals surface area contributed by atoms with Crippen LogP contribution in [0.4, 0.5) is 0 Å². The Bertz CT molecular complexity index is 963. The maximum atomic E-state index is 12.4. The molecule has 1 saturated heterocycles. The number of aromatic nitrogens is 2. The Balaban J connectivity index is 1.30. The topological polar surface area (TPSA) is 64.5 Å². The van der Waals surface area contributed by atoms with Crippen LogP contribution in [0.1, 0.15) is 18.4 Å². The zero-order chi connectivity index (χ0) is 19.3. The zero-order valence-electron chi connectivity index (χ0n) is 15.9. The van der Waals surface area contributed by atoms with Gasteiger partial charge in [-0.05, 0) is 30.7 Å². The SMILES string of the molecule is Cc1cccc(OCC(=O)N2CCC(Oc3nncc4ccccc34)CC2)c1. The number of fused-ring (bicyclic) bond motifs is 1. The van der Waals surface area contributed by atoms with Crippen molar-refractivity contribution in [2.45, 2.75) is 25.9 Å². The molecule has 2 heterocycles. The zero-order valence-corrected chi connectivity index (χ0v) is 15.9. The van der Waals surface area contributed by atoms with Crippen LogP contribution in [0.25, 0.3) is 10.8 Å². The second-order valence-corrected chi connectivity index (χ2v) is 7.04. The molecule has 0 aliphatic carbocycles. The second-order valence-electron chi connectivity index (χ2n) is 7.04. The molecule has 2 aromatic carbocycles. The smallest absolute Gasteiger partial charge is 0.260 e. The molecular formula is C22H23N3O3. The molecule has 1 amide bonds. The number of amides is 1. The van der Waals surface area contributed by atoms with Gasteiger partial charge in [-0.1, -0.05) is 30.3 Å². The molecule has 6 heteroatoms. The minimum atomic E-state index is 0.00455. The van der Waals surface area contributed by atoms with Crippen LogP contribution in [-0.4, -0.2) is 46.8 Å². The van der Waals surface area contributed by atoms with E-state index in [9.17, 15) is 4.79 Å². The first-order chi connectivity index (χ1) is 13.7. The van der Waals surface area contributed by atoms with E-state index >= 15 is 0 Å². The molecule has 0 radical (unpaired) electrons. The van der Waals surface area contributed by atoms with E-state index in [4.69, 9.17) is 9.47 Å². The number of hydrogen-bond donors (Lipinski definition) is 0.